The predicted octanol–water partition coefficient (Wildman–Crippen LogP) is 3.76. The molecular weight excluding hydrogens is 303 g/mol. The fraction of sp³-hybridized carbons (Fsp3) is 0.615. The maximum absolute atomic E-state index is 11.5. The van der Waals surface area contributed by atoms with Crippen LogP contribution in [0.1, 0.15) is 44.2 Å². The summed E-state index contributed by atoms with van der Waals surface area (Å²) in [7, 11) is 0. The highest BCUT2D eigenvalue weighted by atomic mass is 35.5. The summed E-state index contributed by atoms with van der Waals surface area (Å²) in [4.78, 5) is 11.5. The minimum absolute atomic E-state index is 0.155. The summed E-state index contributed by atoms with van der Waals surface area (Å²) in [5.41, 5.74) is 1.03. The summed E-state index contributed by atoms with van der Waals surface area (Å²) in [6.45, 7) is 2.84. The lowest BCUT2D eigenvalue weighted by molar-refractivity contribution is -0.121. The van der Waals surface area contributed by atoms with Crippen molar-refractivity contribution in [2.24, 2.45) is 0 Å². The summed E-state index contributed by atoms with van der Waals surface area (Å²) in [6, 6.07) is 2.50. The van der Waals surface area contributed by atoms with E-state index in [2.05, 4.69) is 17.6 Å². The third-order valence-corrected chi connectivity index (χ3v) is 4.64. The van der Waals surface area contributed by atoms with E-state index in [9.17, 15) is 4.79 Å². The molecule has 1 fully saturated rings. The molecular formula is C13H18Cl2N2OS. The predicted molar refractivity (Wildman–Crippen MR) is 81.2 cm³/mol. The van der Waals surface area contributed by atoms with Gasteiger partial charge in [0.2, 0.25) is 5.91 Å². The number of thiophene rings is 1. The molecule has 3 nitrogen and oxygen atoms in total. The van der Waals surface area contributed by atoms with E-state index in [0.29, 0.717) is 16.8 Å². The van der Waals surface area contributed by atoms with Gasteiger partial charge in [-0.15, -0.1) is 11.3 Å². The first-order chi connectivity index (χ1) is 9.06. The minimum Gasteiger partial charge on any atom is -0.353 e. The Bertz CT molecular complexity index is 446. The highest BCUT2D eigenvalue weighted by Gasteiger charge is 2.22. The molecule has 0 spiro atoms. The van der Waals surface area contributed by atoms with Crippen molar-refractivity contribution in [3.8, 4) is 0 Å². The first-order valence-electron chi connectivity index (χ1n) is 6.53. The Balaban J connectivity index is 1.64. The van der Waals surface area contributed by atoms with Gasteiger partial charge >= 0.3 is 0 Å². The lowest BCUT2D eigenvalue weighted by atomic mass is 10.2. The van der Waals surface area contributed by atoms with E-state index in [1.165, 1.54) is 11.3 Å². The summed E-state index contributed by atoms with van der Waals surface area (Å²) >= 11 is 13.4. The minimum atomic E-state index is 0.155. The van der Waals surface area contributed by atoms with Gasteiger partial charge < -0.3 is 10.6 Å². The number of nitrogens with one attached hydrogen (secondary N) is 2. The number of amides is 1. The second-order valence-electron chi connectivity index (χ2n) is 4.90. The topological polar surface area (TPSA) is 41.1 Å². The van der Waals surface area contributed by atoms with Crippen LogP contribution in [0.2, 0.25) is 8.67 Å². The van der Waals surface area contributed by atoms with Crippen LogP contribution in [0.15, 0.2) is 6.07 Å². The van der Waals surface area contributed by atoms with Gasteiger partial charge in [-0.1, -0.05) is 23.2 Å². The normalized spacial score (nSPS) is 16.4. The summed E-state index contributed by atoms with van der Waals surface area (Å²) in [5.74, 6) is 0.161. The van der Waals surface area contributed by atoms with E-state index < -0.39 is 0 Å². The molecule has 0 bridgehead atoms. The van der Waals surface area contributed by atoms with Crippen LogP contribution >= 0.6 is 34.5 Å². The Kier molecular flexibility index (Phi) is 5.51. The van der Waals surface area contributed by atoms with Crippen molar-refractivity contribution in [1.29, 1.82) is 0 Å². The molecule has 1 saturated carbocycles. The Morgan fingerprint density at radius 3 is 2.84 bits per heavy atom. The van der Waals surface area contributed by atoms with Gasteiger partial charge in [-0.25, -0.2) is 0 Å². The molecule has 106 valence electrons. The largest absolute Gasteiger partial charge is 0.353 e. The van der Waals surface area contributed by atoms with Crippen molar-refractivity contribution in [2.75, 3.05) is 6.54 Å². The molecule has 19 heavy (non-hydrogen) atoms. The third kappa shape index (κ3) is 4.95. The SMILES string of the molecule is CC(NCCCC(=O)NC1CC1)c1cc(Cl)sc1Cl. The first kappa shape index (κ1) is 15.1. The second-order valence-corrected chi connectivity index (χ2v) is 7.19. The van der Waals surface area contributed by atoms with Gasteiger partial charge in [-0.2, -0.15) is 0 Å². The van der Waals surface area contributed by atoms with Crippen LogP contribution in [0.3, 0.4) is 0 Å². The molecule has 1 heterocycles. The summed E-state index contributed by atoms with van der Waals surface area (Å²) in [5, 5.41) is 6.34. The van der Waals surface area contributed by atoms with E-state index in [-0.39, 0.29) is 11.9 Å². The zero-order valence-corrected chi connectivity index (χ0v) is 13.2. The molecule has 0 aromatic carbocycles. The van der Waals surface area contributed by atoms with Crippen LogP contribution in [0.25, 0.3) is 0 Å². The number of halogens is 2. The third-order valence-electron chi connectivity index (χ3n) is 3.12. The molecule has 1 aromatic rings. The molecule has 1 aliphatic rings. The van der Waals surface area contributed by atoms with Crippen molar-refractivity contribution in [1.82, 2.24) is 10.6 Å². The van der Waals surface area contributed by atoms with E-state index in [1.54, 1.807) is 0 Å². The monoisotopic (exact) mass is 320 g/mol. The fourth-order valence-corrected chi connectivity index (χ4v) is 3.50. The van der Waals surface area contributed by atoms with Crippen LogP contribution in [0.5, 0.6) is 0 Å². The Hall–Kier alpha value is -0.290. The van der Waals surface area contributed by atoms with Crippen LogP contribution < -0.4 is 10.6 Å². The number of carbonyl (C=O) groups is 1. The summed E-state index contributed by atoms with van der Waals surface area (Å²) < 4.78 is 1.44. The number of rotatable bonds is 7. The van der Waals surface area contributed by atoms with Crippen LogP contribution in [-0.2, 0) is 4.79 Å². The van der Waals surface area contributed by atoms with Gasteiger partial charge in [-0.05, 0) is 44.4 Å². The molecule has 1 aromatic heterocycles. The van der Waals surface area contributed by atoms with Crippen molar-refractivity contribution in [3.63, 3.8) is 0 Å². The quantitative estimate of drug-likeness (QED) is 0.751. The van der Waals surface area contributed by atoms with Crippen molar-refractivity contribution in [2.45, 2.75) is 44.7 Å². The fourth-order valence-electron chi connectivity index (χ4n) is 1.85. The Labute approximate surface area is 127 Å². The molecule has 0 saturated heterocycles. The second kappa shape index (κ2) is 6.93. The zero-order chi connectivity index (χ0) is 13.8. The highest BCUT2D eigenvalue weighted by Crippen LogP contribution is 2.34. The van der Waals surface area contributed by atoms with Gasteiger partial charge in [0.05, 0.1) is 8.67 Å². The average Bonchev–Trinajstić information content (AvgIpc) is 3.08. The lowest BCUT2D eigenvalue weighted by Crippen LogP contribution is -2.27. The number of hydrogen-bond acceptors (Lipinski definition) is 3. The molecule has 0 radical (unpaired) electrons. The smallest absolute Gasteiger partial charge is 0.220 e. The molecule has 6 heteroatoms. The molecule has 1 unspecified atom stereocenters. The number of hydrogen-bond donors (Lipinski definition) is 2. The first-order valence-corrected chi connectivity index (χ1v) is 8.11. The van der Waals surface area contributed by atoms with Gasteiger partial charge in [0.25, 0.3) is 0 Å². The van der Waals surface area contributed by atoms with E-state index in [0.717, 1.165) is 35.7 Å². The standard InChI is InChI=1S/C13H18Cl2N2OS/c1-8(10-7-11(14)19-13(10)15)16-6-2-3-12(18)17-9-4-5-9/h7-9,16H,2-6H2,1H3,(H,17,18). The maximum Gasteiger partial charge on any atom is 0.220 e. The van der Waals surface area contributed by atoms with E-state index in [1.807, 2.05) is 6.07 Å². The molecule has 2 rings (SSSR count). The average molecular weight is 321 g/mol. The highest BCUT2D eigenvalue weighted by molar-refractivity contribution is 7.20. The molecule has 1 aliphatic carbocycles. The summed E-state index contributed by atoms with van der Waals surface area (Å²) in [6.07, 6.45) is 3.68. The van der Waals surface area contributed by atoms with Crippen LogP contribution in [0.4, 0.5) is 0 Å². The van der Waals surface area contributed by atoms with E-state index in [4.69, 9.17) is 23.2 Å². The lowest BCUT2D eigenvalue weighted by Gasteiger charge is -2.13. The van der Waals surface area contributed by atoms with Gasteiger partial charge in [-0.3, -0.25) is 4.79 Å². The van der Waals surface area contributed by atoms with Crippen molar-refractivity contribution < 1.29 is 4.79 Å². The maximum atomic E-state index is 11.5. The zero-order valence-electron chi connectivity index (χ0n) is 10.8. The van der Waals surface area contributed by atoms with Crippen LogP contribution in [-0.4, -0.2) is 18.5 Å². The van der Waals surface area contributed by atoms with Crippen LogP contribution in [0, 0.1) is 0 Å². The number of carbonyl (C=O) groups excluding carboxylic acids is 1. The molecule has 1 atom stereocenters. The van der Waals surface area contributed by atoms with Gasteiger partial charge in [0.15, 0.2) is 0 Å². The molecule has 1 amide bonds. The van der Waals surface area contributed by atoms with Gasteiger partial charge in [0.1, 0.15) is 0 Å². The molecule has 2 N–H and O–H groups in total. The van der Waals surface area contributed by atoms with E-state index >= 15 is 0 Å². The molecule has 0 aliphatic heterocycles. The van der Waals surface area contributed by atoms with Crippen molar-refractivity contribution in [3.05, 3.63) is 20.3 Å². The Morgan fingerprint density at radius 2 is 2.26 bits per heavy atom. The Morgan fingerprint density at radius 1 is 1.53 bits per heavy atom. The van der Waals surface area contributed by atoms with Gasteiger partial charge in [0, 0.05) is 18.5 Å². The van der Waals surface area contributed by atoms with Crippen molar-refractivity contribution >= 4 is 40.4 Å².